The Morgan fingerprint density at radius 3 is 2.19 bits per heavy atom. The van der Waals surface area contributed by atoms with E-state index in [4.69, 9.17) is 4.74 Å². The van der Waals surface area contributed by atoms with Crippen LogP contribution < -0.4 is 15.4 Å². The Labute approximate surface area is 129 Å². The molecular weight excluding hydrogens is 292 g/mol. The molecule has 0 aromatic carbocycles. The number of sulfonamides is 1. The van der Waals surface area contributed by atoms with E-state index in [0.29, 0.717) is 19.0 Å². The molecule has 126 valence electrons. The number of aliphatic imine (C=N–C) groups is 1. The smallest absolute Gasteiger partial charge is 0.209 e. The molecule has 0 aliphatic heterocycles. The maximum atomic E-state index is 11.3. The SMILES string of the molecule is CCNC(=NCC(C)(C)NS(C)(=O)=O)NCC(C)(C)OC. The number of methoxy groups -OCH3 is 1. The molecule has 0 amide bonds. The fourth-order valence-electron chi connectivity index (χ4n) is 1.52. The Balaban J connectivity index is 4.73. The zero-order chi connectivity index (χ0) is 16.7. The van der Waals surface area contributed by atoms with Crippen LogP contribution >= 0.6 is 0 Å². The standard InChI is InChI=1S/C13H30N4O3S/c1-8-14-11(16-10-13(4,5)20-6)15-9-12(2,3)17-21(7,18)19/h17H,8-10H2,1-7H3,(H2,14,15,16). The van der Waals surface area contributed by atoms with Crippen molar-refractivity contribution in [3.8, 4) is 0 Å². The van der Waals surface area contributed by atoms with Gasteiger partial charge in [0.2, 0.25) is 10.0 Å². The lowest BCUT2D eigenvalue weighted by Crippen LogP contribution is -2.48. The molecule has 0 heterocycles. The van der Waals surface area contributed by atoms with Crippen molar-refractivity contribution in [3.63, 3.8) is 0 Å². The van der Waals surface area contributed by atoms with Gasteiger partial charge in [0.15, 0.2) is 5.96 Å². The van der Waals surface area contributed by atoms with Gasteiger partial charge in [-0.1, -0.05) is 0 Å². The van der Waals surface area contributed by atoms with E-state index in [0.717, 1.165) is 12.8 Å². The Bertz CT molecular complexity index is 444. The van der Waals surface area contributed by atoms with Crippen LogP contribution in [0.4, 0.5) is 0 Å². The molecule has 0 fully saturated rings. The average Bonchev–Trinajstić information content (AvgIpc) is 2.30. The van der Waals surface area contributed by atoms with E-state index in [9.17, 15) is 8.42 Å². The summed E-state index contributed by atoms with van der Waals surface area (Å²) in [4.78, 5) is 4.42. The van der Waals surface area contributed by atoms with E-state index >= 15 is 0 Å². The highest BCUT2D eigenvalue weighted by molar-refractivity contribution is 7.88. The van der Waals surface area contributed by atoms with E-state index in [-0.39, 0.29) is 5.60 Å². The van der Waals surface area contributed by atoms with E-state index in [2.05, 4.69) is 20.3 Å². The van der Waals surface area contributed by atoms with Crippen LogP contribution in [0.2, 0.25) is 0 Å². The van der Waals surface area contributed by atoms with Gasteiger partial charge in [0.25, 0.3) is 0 Å². The van der Waals surface area contributed by atoms with Gasteiger partial charge in [0.05, 0.1) is 18.4 Å². The summed E-state index contributed by atoms with van der Waals surface area (Å²) < 4.78 is 30.5. The predicted molar refractivity (Wildman–Crippen MR) is 87.1 cm³/mol. The third kappa shape index (κ3) is 10.5. The van der Waals surface area contributed by atoms with Gasteiger partial charge < -0.3 is 15.4 Å². The maximum absolute atomic E-state index is 11.3. The van der Waals surface area contributed by atoms with Crippen LogP contribution in [-0.2, 0) is 14.8 Å². The summed E-state index contributed by atoms with van der Waals surface area (Å²) in [5, 5.41) is 6.30. The predicted octanol–water partition coefficient (Wildman–Crippen LogP) is 0.294. The van der Waals surface area contributed by atoms with Crippen LogP contribution in [-0.4, -0.2) is 58.5 Å². The second-order valence-electron chi connectivity index (χ2n) is 6.27. The van der Waals surface area contributed by atoms with Crippen molar-refractivity contribution in [2.24, 2.45) is 4.99 Å². The normalized spacial score (nSPS) is 14.1. The quantitative estimate of drug-likeness (QED) is 0.441. The molecule has 21 heavy (non-hydrogen) atoms. The van der Waals surface area contributed by atoms with Gasteiger partial charge >= 0.3 is 0 Å². The topological polar surface area (TPSA) is 91.8 Å². The first-order valence-corrected chi connectivity index (χ1v) is 8.86. The minimum atomic E-state index is -3.26. The number of rotatable bonds is 8. The molecule has 0 radical (unpaired) electrons. The van der Waals surface area contributed by atoms with Crippen LogP contribution in [0, 0.1) is 0 Å². The monoisotopic (exact) mass is 322 g/mol. The van der Waals surface area contributed by atoms with Gasteiger partial charge in [0, 0.05) is 25.7 Å². The number of nitrogens with zero attached hydrogens (tertiary/aromatic N) is 1. The van der Waals surface area contributed by atoms with Crippen molar-refractivity contribution < 1.29 is 13.2 Å². The number of nitrogens with one attached hydrogen (secondary N) is 3. The summed E-state index contributed by atoms with van der Waals surface area (Å²) in [6.45, 7) is 11.1. The molecule has 0 bridgehead atoms. The highest BCUT2D eigenvalue weighted by Gasteiger charge is 2.22. The number of hydrogen-bond acceptors (Lipinski definition) is 4. The summed E-state index contributed by atoms with van der Waals surface area (Å²) in [6, 6.07) is 0. The first-order chi connectivity index (χ1) is 9.41. The molecule has 0 saturated heterocycles. The third-order valence-electron chi connectivity index (χ3n) is 2.67. The highest BCUT2D eigenvalue weighted by Crippen LogP contribution is 2.06. The molecule has 0 aliphatic rings. The number of hydrogen-bond donors (Lipinski definition) is 3. The molecule has 0 atom stereocenters. The lowest BCUT2D eigenvalue weighted by atomic mass is 10.1. The molecule has 7 nitrogen and oxygen atoms in total. The summed E-state index contributed by atoms with van der Waals surface area (Å²) >= 11 is 0. The molecule has 0 aromatic heterocycles. The lowest BCUT2D eigenvalue weighted by Gasteiger charge is -2.26. The zero-order valence-electron chi connectivity index (χ0n) is 14.2. The van der Waals surface area contributed by atoms with Crippen molar-refractivity contribution in [2.45, 2.75) is 45.8 Å². The molecule has 0 aliphatic carbocycles. The molecule has 0 aromatic rings. The van der Waals surface area contributed by atoms with Gasteiger partial charge in [-0.15, -0.1) is 0 Å². The van der Waals surface area contributed by atoms with Crippen LogP contribution in [0.3, 0.4) is 0 Å². The van der Waals surface area contributed by atoms with Crippen LogP contribution in [0.1, 0.15) is 34.6 Å². The zero-order valence-corrected chi connectivity index (χ0v) is 15.0. The molecule has 3 N–H and O–H groups in total. The number of ether oxygens (including phenoxy) is 1. The van der Waals surface area contributed by atoms with E-state index in [1.54, 1.807) is 21.0 Å². The van der Waals surface area contributed by atoms with Gasteiger partial charge in [-0.2, -0.15) is 0 Å². The van der Waals surface area contributed by atoms with Gasteiger partial charge in [-0.05, 0) is 34.6 Å². The fraction of sp³-hybridized carbons (Fsp3) is 0.923. The average molecular weight is 322 g/mol. The van der Waals surface area contributed by atoms with Gasteiger partial charge in [-0.25, -0.2) is 13.1 Å². The summed E-state index contributed by atoms with van der Waals surface area (Å²) in [7, 11) is -1.60. The Kier molecular flexibility index (Phi) is 7.63. The first kappa shape index (κ1) is 20.1. The second-order valence-corrected chi connectivity index (χ2v) is 8.02. The van der Waals surface area contributed by atoms with Crippen molar-refractivity contribution in [2.75, 3.05) is 33.0 Å². The molecular formula is C13H30N4O3S. The van der Waals surface area contributed by atoms with E-state index < -0.39 is 15.6 Å². The first-order valence-electron chi connectivity index (χ1n) is 6.97. The van der Waals surface area contributed by atoms with E-state index in [1.807, 2.05) is 20.8 Å². The summed E-state index contributed by atoms with van der Waals surface area (Å²) in [5.74, 6) is 0.631. The second kappa shape index (κ2) is 7.95. The van der Waals surface area contributed by atoms with Crippen LogP contribution in [0.25, 0.3) is 0 Å². The number of guanidine groups is 1. The van der Waals surface area contributed by atoms with E-state index in [1.165, 1.54) is 0 Å². The van der Waals surface area contributed by atoms with Crippen LogP contribution in [0.5, 0.6) is 0 Å². The summed E-state index contributed by atoms with van der Waals surface area (Å²) in [5.41, 5.74) is -0.955. The minimum absolute atomic E-state index is 0.309. The molecule has 0 unspecified atom stereocenters. The molecule has 0 rings (SSSR count). The van der Waals surface area contributed by atoms with Crippen molar-refractivity contribution in [1.82, 2.24) is 15.4 Å². The third-order valence-corrected chi connectivity index (χ3v) is 3.60. The molecule has 0 spiro atoms. The minimum Gasteiger partial charge on any atom is -0.377 e. The Hall–Kier alpha value is -0.860. The largest absolute Gasteiger partial charge is 0.377 e. The lowest BCUT2D eigenvalue weighted by molar-refractivity contribution is 0.0268. The highest BCUT2D eigenvalue weighted by atomic mass is 32.2. The van der Waals surface area contributed by atoms with Gasteiger partial charge in [0.1, 0.15) is 0 Å². The molecule has 8 heteroatoms. The Morgan fingerprint density at radius 2 is 1.76 bits per heavy atom. The van der Waals surface area contributed by atoms with Crippen molar-refractivity contribution in [3.05, 3.63) is 0 Å². The summed E-state index contributed by atoms with van der Waals surface area (Å²) in [6.07, 6.45) is 1.14. The van der Waals surface area contributed by atoms with Crippen molar-refractivity contribution in [1.29, 1.82) is 0 Å². The maximum Gasteiger partial charge on any atom is 0.209 e. The van der Waals surface area contributed by atoms with Crippen LogP contribution in [0.15, 0.2) is 4.99 Å². The molecule has 0 saturated carbocycles. The van der Waals surface area contributed by atoms with Gasteiger partial charge in [-0.3, -0.25) is 4.99 Å². The fourth-order valence-corrected chi connectivity index (χ4v) is 2.59. The Morgan fingerprint density at radius 1 is 1.19 bits per heavy atom. The van der Waals surface area contributed by atoms with Crippen molar-refractivity contribution >= 4 is 16.0 Å².